The number of hydrogen-bond donors (Lipinski definition) is 1. The molecule has 0 bridgehead atoms. The fourth-order valence-corrected chi connectivity index (χ4v) is 2.47. The molecule has 2 rings (SSSR count). The highest BCUT2D eigenvalue weighted by Gasteiger charge is 2.23. The Labute approximate surface area is 128 Å². The second-order valence-corrected chi connectivity index (χ2v) is 5.51. The summed E-state index contributed by atoms with van der Waals surface area (Å²) in [6.07, 6.45) is 1.89. The topological polar surface area (TPSA) is 59.1 Å². The summed E-state index contributed by atoms with van der Waals surface area (Å²) in [5.41, 5.74) is -1.64. The highest BCUT2D eigenvalue weighted by molar-refractivity contribution is 7.13. The molecular weight excluding hydrogens is 317 g/mol. The number of benzene rings is 1. The predicted molar refractivity (Wildman–Crippen MR) is 75.8 cm³/mol. The minimum Gasteiger partial charge on any atom is -0.316 e. The number of rotatable bonds is 4. The number of carbonyl (C=O) groups is 2. The SMILES string of the molecule is CCc1ncc(C(=O)Nc2c(F)cc(C(C)=O)c(F)c2F)s1. The van der Waals surface area contributed by atoms with Gasteiger partial charge in [-0.2, -0.15) is 0 Å². The first-order chi connectivity index (χ1) is 10.3. The highest BCUT2D eigenvalue weighted by atomic mass is 32.1. The number of aryl methyl sites for hydroxylation is 1. The first kappa shape index (κ1) is 16.2. The van der Waals surface area contributed by atoms with E-state index in [0.29, 0.717) is 17.5 Å². The van der Waals surface area contributed by atoms with Crippen LogP contribution in [0.5, 0.6) is 0 Å². The molecule has 0 radical (unpaired) electrons. The number of amides is 1. The average molecular weight is 328 g/mol. The number of anilines is 1. The van der Waals surface area contributed by atoms with Crippen molar-refractivity contribution in [1.82, 2.24) is 4.98 Å². The number of carbonyl (C=O) groups excluding carboxylic acids is 2. The van der Waals surface area contributed by atoms with Crippen LogP contribution in [-0.2, 0) is 6.42 Å². The maximum absolute atomic E-state index is 13.8. The van der Waals surface area contributed by atoms with Crippen molar-refractivity contribution in [2.75, 3.05) is 5.32 Å². The molecule has 1 N–H and O–H groups in total. The summed E-state index contributed by atoms with van der Waals surface area (Å²) in [4.78, 5) is 27.1. The molecule has 4 nitrogen and oxygen atoms in total. The summed E-state index contributed by atoms with van der Waals surface area (Å²) in [6, 6.07) is 0.556. The molecule has 1 aromatic heterocycles. The van der Waals surface area contributed by atoms with Gasteiger partial charge in [0.15, 0.2) is 23.2 Å². The standard InChI is InChI=1S/C14H11F3N2O2S/c1-3-10-18-5-9(22-10)14(21)19-13-8(15)4-7(6(2)20)11(16)12(13)17/h4-5H,3H2,1-2H3,(H,19,21). The molecule has 22 heavy (non-hydrogen) atoms. The number of ketones is 1. The fourth-order valence-electron chi connectivity index (χ4n) is 1.72. The zero-order valence-electron chi connectivity index (χ0n) is 11.7. The molecule has 0 aliphatic heterocycles. The molecular formula is C14H11F3N2O2S. The van der Waals surface area contributed by atoms with E-state index in [4.69, 9.17) is 0 Å². The van der Waals surface area contributed by atoms with Crippen molar-refractivity contribution in [2.24, 2.45) is 0 Å². The Hall–Kier alpha value is -2.22. The first-order valence-corrected chi connectivity index (χ1v) is 7.11. The molecule has 0 fully saturated rings. The van der Waals surface area contributed by atoms with Crippen LogP contribution in [0.1, 0.15) is 38.9 Å². The largest absolute Gasteiger partial charge is 0.316 e. The van der Waals surface area contributed by atoms with Gasteiger partial charge < -0.3 is 5.32 Å². The van der Waals surface area contributed by atoms with Gasteiger partial charge >= 0.3 is 0 Å². The van der Waals surface area contributed by atoms with Crippen LogP contribution in [0.25, 0.3) is 0 Å². The van der Waals surface area contributed by atoms with E-state index in [1.165, 1.54) is 6.20 Å². The lowest BCUT2D eigenvalue weighted by Crippen LogP contribution is -2.15. The molecule has 0 saturated heterocycles. The quantitative estimate of drug-likeness (QED) is 0.689. The van der Waals surface area contributed by atoms with Gasteiger partial charge in [-0.25, -0.2) is 18.2 Å². The molecule has 116 valence electrons. The van der Waals surface area contributed by atoms with Gasteiger partial charge in [-0.3, -0.25) is 9.59 Å². The van der Waals surface area contributed by atoms with Crippen LogP contribution in [0, 0.1) is 17.5 Å². The van der Waals surface area contributed by atoms with E-state index in [0.717, 1.165) is 18.3 Å². The number of hydrogen-bond acceptors (Lipinski definition) is 4. The summed E-state index contributed by atoms with van der Waals surface area (Å²) < 4.78 is 41.3. The Morgan fingerprint density at radius 1 is 1.27 bits per heavy atom. The van der Waals surface area contributed by atoms with Crippen LogP contribution >= 0.6 is 11.3 Å². The second-order valence-electron chi connectivity index (χ2n) is 4.39. The van der Waals surface area contributed by atoms with E-state index in [1.807, 2.05) is 12.2 Å². The average Bonchev–Trinajstić information content (AvgIpc) is 2.95. The Kier molecular flexibility index (Phi) is 4.60. The lowest BCUT2D eigenvalue weighted by atomic mass is 10.1. The van der Waals surface area contributed by atoms with Gasteiger partial charge in [0.1, 0.15) is 10.6 Å². The fraction of sp³-hybridized carbons (Fsp3) is 0.214. The number of nitrogens with one attached hydrogen (secondary N) is 1. The highest BCUT2D eigenvalue weighted by Crippen LogP contribution is 2.26. The molecule has 0 unspecified atom stereocenters. The first-order valence-electron chi connectivity index (χ1n) is 6.29. The third kappa shape index (κ3) is 3.01. The molecule has 2 aromatic rings. The monoisotopic (exact) mass is 328 g/mol. The van der Waals surface area contributed by atoms with Gasteiger partial charge in [0.2, 0.25) is 0 Å². The van der Waals surface area contributed by atoms with Crippen LogP contribution in [0.2, 0.25) is 0 Å². The number of nitrogens with zero attached hydrogens (tertiary/aromatic N) is 1. The third-order valence-electron chi connectivity index (χ3n) is 2.86. The summed E-state index contributed by atoms with van der Waals surface area (Å²) in [5.74, 6) is -5.95. The Balaban J connectivity index is 2.35. The van der Waals surface area contributed by atoms with Gasteiger partial charge in [0.05, 0.1) is 16.8 Å². The molecule has 1 amide bonds. The van der Waals surface area contributed by atoms with Gasteiger partial charge in [-0.15, -0.1) is 11.3 Å². The lowest BCUT2D eigenvalue weighted by molar-refractivity contribution is 0.101. The van der Waals surface area contributed by atoms with E-state index >= 15 is 0 Å². The van der Waals surface area contributed by atoms with Gasteiger partial charge in [-0.05, 0) is 19.4 Å². The number of thiazole rings is 1. The molecule has 1 heterocycles. The van der Waals surface area contributed by atoms with Crippen LogP contribution in [0.3, 0.4) is 0 Å². The molecule has 1 aromatic carbocycles. The summed E-state index contributed by atoms with van der Waals surface area (Å²) >= 11 is 1.07. The number of Topliss-reactive ketones (excluding diaryl/α,β-unsaturated/α-hetero) is 1. The zero-order valence-corrected chi connectivity index (χ0v) is 12.5. The van der Waals surface area contributed by atoms with Crippen molar-refractivity contribution in [3.05, 3.63) is 45.2 Å². The normalized spacial score (nSPS) is 10.6. The number of aromatic nitrogens is 1. The minimum absolute atomic E-state index is 0.145. The van der Waals surface area contributed by atoms with Crippen molar-refractivity contribution in [2.45, 2.75) is 20.3 Å². The molecule has 0 aliphatic carbocycles. The zero-order chi connectivity index (χ0) is 16.4. The lowest BCUT2D eigenvalue weighted by Gasteiger charge is -2.09. The molecule has 0 saturated carbocycles. The Morgan fingerprint density at radius 2 is 1.95 bits per heavy atom. The van der Waals surface area contributed by atoms with E-state index in [2.05, 4.69) is 4.98 Å². The van der Waals surface area contributed by atoms with Crippen LogP contribution in [0.4, 0.5) is 18.9 Å². The minimum atomic E-state index is -1.61. The van der Waals surface area contributed by atoms with Crippen molar-refractivity contribution in [1.29, 1.82) is 0 Å². The summed E-state index contributed by atoms with van der Waals surface area (Å²) in [6.45, 7) is 2.83. The molecule has 0 spiro atoms. The van der Waals surface area contributed by atoms with Crippen molar-refractivity contribution in [3.63, 3.8) is 0 Å². The molecule has 0 aliphatic rings. The van der Waals surface area contributed by atoms with E-state index < -0.39 is 40.4 Å². The van der Waals surface area contributed by atoms with Gasteiger partial charge in [0, 0.05) is 0 Å². The summed E-state index contributed by atoms with van der Waals surface area (Å²) in [7, 11) is 0. The maximum atomic E-state index is 13.8. The van der Waals surface area contributed by atoms with E-state index in [-0.39, 0.29) is 4.88 Å². The molecule has 8 heteroatoms. The van der Waals surface area contributed by atoms with Crippen LogP contribution in [-0.4, -0.2) is 16.7 Å². The van der Waals surface area contributed by atoms with Crippen molar-refractivity contribution < 1.29 is 22.8 Å². The summed E-state index contributed by atoms with van der Waals surface area (Å²) in [5, 5.41) is 2.65. The Bertz CT molecular complexity index is 759. The maximum Gasteiger partial charge on any atom is 0.267 e. The second kappa shape index (κ2) is 6.27. The third-order valence-corrected chi connectivity index (χ3v) is 4.00. The van der Waals surface area contributed by atoms with E-state index in [9.17, 15) is 22.8 Å². The Morgan fingerprint density at radius 3 is 2.50 bits per heavy atom. The van der Waals surface area contributed by atoms with Crippen molar-refractivity contribution in [3.8, 4) is 0 Å². The van der Waals surface area contributed by atoms with Crippen LogP contribution in [0.15, 0.2) is 12.3 Å². The van der Waals surface area contributed by atoms with Crippen molar-refractivity contribution >= 4 is 28.7 Å². The molecule has 0 atom stereocenters. The number of halogens is 3. The predicted octanol–water partition coefficient (Wildman–Crippen LogP) is 3.58. The smallest absolute Gasteiger partial charge is 0.267 e. The van der Waals surface area contributed by atoms with Crippen LogP contribution < -0.4 is 5.32 Å². The van der Waals surface area contributed by atoms with E-state index in [1.54, 1.807) is 0 Å². The van der Waals surface area contributed by atoms with Gasteiger partial charge in [0.25, 0.3) is 5.91 Å². The van der Waals surface area contributed by atoms with Gasteiger partial charge in [-0.1, -0.05) is 6.92 Å².